The average molecular weight is 266 g/mol. The van der Waals surface area contributed by atoms with Gasteiger partial charge in [-0.1, -0.05) is 12.1 Å². The van der Waals surface area contributed by atoms with Crippen LogP contribution < -0.4 is 0 Å². The van der Waals surface area contributed by atoms with E-state index in [0.717, 1.165) is 16.7 Å². The Kier molecular flexibility index (Phi) is 3.80. The molecule has 0 radical (unpaired) electrons. The maximum absolute atomic E-state index is 12.7. The zero-order chi connectivity index (χ0) is 15.0. The topological polar surface area (TPSA) is 17.1 Å². The maximum atomic E-state index is 12.7. The molecule has 0 fully saturated rings. The van der Waals surface area contributed by atoms with Crippen LogP contribution in [0.1, 0.15) is 49.3 Å². The Balaban J connectivity index is 2.55. The summed E-state index contributed by atoms with van der Waals surface area (Å²) in [4.78, 5) is 12.7. The Morgan fingerprint density at radius 3 is 1.80 bits per heavy atom. The van der Waals surface area contributed by atoms with Crippen molar-refractivity contribution in [2.45, 2.75) is 41.5 Å². The summed E-state index contributed by atoms with van der Waals surface area (Å²) in [6.45, 7) is 12.4. The summed E-state index contributed by atoms with van der Waals surface area (Å²) >= 11 is 0. The molecule has 2 aromatic rings. The zero-order valence-corrected chi connectivity index (χ0v) is 13.2. The van der Waals surface area contributed by atoms with Crippen LogP contribution in [0.5, 0.6) is 0 Å². The van der Waals surface area contributed by atoms with E-state index >= 15 is 0 Å². The molecule has 1 nitrogen and oxygen atoms in total. The monoisotopic (exact) mass is 266 g/mol. The lowest BCUT2D eigenvalue weighted by Crippen LogP contribution is -2.07. The molecule has 0 saturated carbocycles. The van der Waals surface area contributed by atoms with Gasteiger partial charge in [-0.25, -0.2) is 0 Å². The first-order valence-corrected chi connectivity index (χ1v) is 7.02. The van der Waals surface area contributed by atoms with Crippen LogP contribution in [0.15, 0.2) is 24.3 Å². The second-order valence-corrected chi connectivity index (χ2v) is 5.74. The molecule has 0 aromatic heterocycles. The van der Waals surface area contributed by atoms with E-state index in [1.54, 1.807) is 0 Å². The highest BCUT2D eigenvalue weighted by molar-refractivity contribution is 6.10. The zero-order valence-electron chi connectivity index (χ0n) is 13.2. The van der Waals surface area contributed by atoms with Crippen molar-refractivity contribution in [3.63, 3.8) is 0 Å². The smallest absolute Gasteiger partial charge is 0.193 e. The van der Waals surface area contributed by atoms with Crippen LogP contribution in [0.25, 0.3) is 0 Å². The number of aryl methyl sites for hydroxylation is 3. The van der Waals surface area contributed by atoms with E-state index in [4.69, 9.17) is 0 Å². The van der Waals surface area contributed by atoms with Crippen molar-refractivity contribution < 1.29 is 4.79 Å². The van der Waals surface area contributed by atoms with Crippen molar-refractivity contribution in [1.29, 1.82) is 0 Å². The molecule has 0 spiro atoms. The Labute approximate surface area is 121 Å². The lowest BCUT2D eigenvalue weighted by molar-refractivity contribution is 0.103. The molecule has 2 aromatic carbocycles. The molecule has 0 aliphatic carbocycles. The lowest BCUT2D eigenvalue weighted by Gasteiger charge is -2.12. The van der Waals surface area contributed by atoms with Gasteiger partial charge in [0, 0.05) is 11.1 Å². The third-order valence-electron chi connectivity index (χ3n) is 4.49. The molecule has 0 saturated heterocycles. The summed E-state index contributed by atoms with van der Waals surface area (Å²) in [6, 6.07) is 7.98. The molecule has 20 heavy (non-hydrogen) atoms. The number of hydrogen-bond donors (Lipinski definition) is 0. The van der Waals surface area contributed by atoms with Crippen LogP contribution in [0.3, 0.4) is 0 Å². The fraction of sp³-hybridized carbons (Fsp3) is 0.316. The number of hydrogen-bond acceptors (Lipinski definition) is 1. The molecule has 0 N–H and O–H groups in total. The number of rotatable bonds is 2. The minimum absolute atomic E-state index is 0.122. The molecule has 2 rings (SSSR count). The highest BCUT2D eigenvalue weighted by atomic mass is 16.1. The summed E-state index contributed by atoms with van der Waals surface area (Å²) in [5.74, 6) is 0.122. The van der Waals surface area contributed by atoms with Gasteiger partial charge in [-0.05, 0) is 87.1 Å². The van der Waals surface area contributed by atoms with Crippen molar-refractivity contribution in [1.82, 2.24) is 0 Å². The van der Waals surface area contributed by atoms with Crippen molar-refractivity contribution >= 4 is 5.78 Å². The SMILES string of the molecule is Cc1cc(C(=O)c2ccc(C)c(C)c2C)cc(C)c1C. The van der Waals surface area contributed by atoms with Crippen LogP contribution in [0, 0.1) is 41.5 Å². The highest BCUT2D eigenvalue weighted by Gasteiger charge is 2.15. The van der Waals surface area contributed by atoms with Crippen molar-refractivity contribution in [3.8, 4) is 0 Å². The number of carbonyl (C=O) groups is 1. The van der Waals surface area contributed by atoms with Gasteiger partial charge in [0.05, 0.1) is 0 Å². The first-order chi connectivity index (χ1) is 9.32. The van der Waals surface area contributed by atoms with Gasteiger partial charge in [0.2, 0.25) is 0 Å². The van der Waals surface area contributed by atoms with Crippen LogP contribution in [-0.4, -0.2) is 5.78 Å². The van der Waals surface area contributed by atoms with Crippen LogP contribution in [0.2, 0.25) is 0 Å². The highest BCUT2D eigenvalue weighted by Crippen LogP contribution is 2.22. The first kappa shape index (κ1) is 14.5. The summed E-state index contributed by atoms with van der Waals surface area (Å²) < 4.78 is 0. The van der Waals surface area contributed by atoms with E-state index in [0.29, 0.717) is 0 Å². The molecular weight excluding hydrogens is 244 g/mol. The standard InChI is InChI=1S/C19H22O/c1-11-7-8-18(16(6)15(11)5)19(20)17-9-12(2)14(4)13(3)10-17/h7-10H,1-6H3. The first-order valence-electron chi connectivity index (χ1n) is 7.02. The molecule has 0 heterocycles. The van der Waals surface area contributed by atoms with E-state index in [9.17, 15) is 4.79 Å². The van der Waals surface area contributed by atoms with Crippen LogP contribution in [0.4, 0.5) is 0 Å². The Morgan fingerprint density at radius 2 is 1.25 bits per heavy atom. The predicted molar refractivity (Wildman–Crippen MR) is 84.7 cm³/mol. The fourth-order valence-electron chi connectivity index (χ4n) is 2.52. The Bertz CT molecular complexity index is 670. The molecular formula is C19H22O. The average Bonchev–Trinajstić information content (AvgIpc) is 2.41. The quantitative estimate of drug-likeness (QED) is 0.716. The normalized spacial score (nSPS) is 10.7. The third-order valence-corrected chi connectivity index (χ3v) is 4.49. The van der Waals surface area contributed by atoms with E-state index in [1.165, 1.54) is 27.8 Å². The lowest BCUT2D eigenvalue weighted by atomic mass is 9.91. The van der Waals surface area contributed by atoms with Gasteiger partial charge in [-0.3, -0.25) is 4.79 Å². The van der Waals surface area contributed by atoms with Crippen molar-refractivity contribution in [3.05, 3.63) is 68.8 Å². The number of carbonyl (C=O) groups excluding carboxylic acids is 1. The summed E-state index contributed by atoms with van der Waals surface area (Å²) in [5, 5.41) is 0. The molecule has 0 atom stereocenters. The minimum atomic E-state index is 0.122. The molecule has 0 aliphatic heterocycles. The summed E-state index contributed by atoms with van der Waals surface area (Å²) in [6.07, 6.45) is 0. The van der Waals surface area contributed by atoms with Crippen LogP contribution in [-0.2, 0) is 0 Å². The van der Waals surface area contributed by atoms with Gasteiger partial charge in [0.25, 0.3) is 0 Å². The van der Waals surface area contributed by atoms with Crippen molar-refractivity contribution in [2.75, 3.05) is 0 Å². The maximum Gasteiger partial charge on any atom is 0.193 e. The summed E-state index contributed by atoms with van der Waals surface area (Å²) in [5.41, 5.74) is 8.74. The van der Waals surface area contributed by atoms with E-state index in [-0.39, 0.29) is 5.78 Å². The number of ketones is 1. The largest absolute Gasteiger partial charge is 0.289 e. The second kappa shape index (κ2) is 5.24. The number of benzene rings is 2. The van der Waals surface area contributed by atoms with Crippen LogP contribution >= 0.6 is 0 Å². The molecule has 0 unspecified atom stereocenters. The van der Waals surface area contributed by atoms with Gasteiger partial charge in [-0.2, -0.15) is 0 Å². The molecule has 0 aliphatic rings. The van der Waals surface area contributed by atoms with Gasteiger partial charge < -0.3 is 0 Å². The van der Waals surface area contributed by atoms with E-state index in [1.807, 2.05) is 31.2 Å². The molecule has 0 amide bonds. The third kappa shape index (κ3) is 2.40. The van der Waals surface area contributed by atoms with Gasteiger partial charge in [0.15, 0.2) is 5.78 Å². The Morgan fingerprint density at radius 1 is 0.700 bits per heavy atom. The molecule has 1 heteroatoms. The predicted octanol–water partition coefficient (Wildman–Crippen LogP) is 4.77. The van der Waals surface area contributed by atoms with Crippen molar-refractivity contribution in [2.24, 2.45) is 0 Å². The second-order valence-electron chi connectivity index (χ2n) is 5.74. The van der Waals surface area contributed by atoms with E-state index < -0.39 is 0 Å². The summed E-state index contributed by atoms with van der Waals surface area (Å²) in [7, 11) is 0. The van der Waals surface area contributed by atoms with E-state index in [2.05, 4.69) is 34.6 Å². The molecule has 0 bridgehead atoms. The van der Waals surface area contributed by atoms with Gasteiger partial charge in [-0.15, -0.1) is 0 Å². The van der Waals surface area contributed by atoms with Gasteiger partial charge >= 0.3 is 0 Å². The molecule has 104 valence electrons. The van der Waals surface area contributed by atoms with Gasteiger partial charge in [0.1, 0.15) is 0 Å². The fourth-order valence-corrected chi connectivity index (χ4v) is 2.52. The Hall–Kier alpha value is -1.89. The minimum Gasteiger partial charge on any atom is -0.289 e.